The number of rotatable bonds is 3. The molecular weight excluding hydrogens is 164 g/mol. The van der Waals surface area contributed by atoms with Gasteiger partial charge in [-0.25, -0.2) is 0 Å². The lowest BCUT2D eigenvalue weighted by Gasteiger charge is -2.00. The molecule has 0 aliphatic heterocycles. The molecule has 0 N–H and O–H groups in total. The third kappa shape index (κ3) is 2.10. The quantitative estimate of drug-likeness (QED) is 0.298. The van der Waals surface area contributed by atoms with Crippen LogP contribution >= 0.6 is 0 Å². The van der Waals surface area contributed by atoms with Crippen molar-refractivity contribution in [2.45, 2.75) is 13.3 Å². The predicted molar refractivity (Wildman–Crippen MR) is 49.8 cm³/mol. The number of aryl methyl sites for hydroxylation is 1. The molecule has 3 nitrogen and oxygen atoms in total. The van der Waals surface area contributed by atoms with Crippen LogP contribution in [-0.2, 0) is 6.42 Å². The van der Waals surface area contributed by atoms with Crippen LogP contribution in [0.3, 0.4) is 0 Å². The summed E-state index contributed by atoms with van der Waals surface area (Å²) in [5.74, 6) is -0.264. The van der Waals surface area contributed by atoms with E-state index in [1.165, 1.54) is 0 Å². The Morgan fingerprint density at radius 2 is 2.23 bits per heavy atom. The number of ketones is 1. The minimum Gasteiger partial charge on any atom is -0.361 e. The standard InChI is InChI=1S/C10H10N2O/c1-2-8-5-3-4-6-9(8)10(13)7-12-11/h3-7H,2H2,1H3. The Bertz CT molecular complexity index is 365. The molecule has 0 saturated heterocycles. The van der Waals surface area contributed by atoms with E-state index in [0.717, 1.165) is 18.2 Å². The van der Waals surface area contributed by atoms with E-state index in [2.05, 4.69) is 4.79 Å². The molecule has 0 aliphatic carbocycles. The maximum absolute atomic E-state index is 11.3. The first kappa shape index (κ1) is 9.36. The summed E-state index contributed by atoms with van der Waals surface area (Å²) >= 11 is 0. The van der Waals surface area contributed by atoms with E-state index < -0.39 is 0 Å². The maximum Gasteiger partial charge on any atom is 0.328 e. The van der Waals surface area contributed by atoms with Gasteiger partial charge in [-0.3, -0.25) is 4.79 Å². The Morgan fingerprint density at radius 1 is 1.54 bits per heavy atom. The summed E-state index contributed by atoms with van der Waals surface area (Å²) in [5, 5.41) is 0. The molecule has 1 aromatic carbocycles. The van der Waals surface area contributed by atoms with Gasteiger partial charge in [0, 0.05) is 5.56 Å². The Kier molecular flexibility index (Phi) is 3.12. The van der Waals surface area contributed by atoms with E-state index in [1.54, 1.807) is 12.1 Å². The molecule has 0 bridgehead atoms. The van der Waals surface area contributed by atoms with Crippen LogP contribution in [0.25, 0.3) is 5.53 Å². The van der Waals surface area contributed by atoms with Crippen molar-refractivity contribution in [3.63, 3.8) is 0 Å². The van der Waals surface area contributed by atoms with Crippen molar-refractivity contribution >= 4 is 12.0 Å². The van der Waals surface area contributed by atoms with E-state index in [0.29, 0.717) is 5.56 Å². The third-order valence-electron chi connectivity index (χ3n) is 1.84. The van der Waals surface area contributed by atoms with Crippen molar-refractivity contribution in [1.82, 2.24) is 0 Å². The maximum atomic E-state index is 11.3. The highest BCUT2D eigenvalue weighted by atomic mass is 16.1. The molecule has 0 atom stereocenters. The molecular formula is C10H10N2O. The summed E-state index contributed by atoms with van der Waals surface area (Å²) < 4.78 is 0. The second-order valence-electron chi connectivity index (χ2n) is 2.62. The number of carbonyl (C=O) groups is 1. The summed E-state index contributed by atoms with van der Waals surface area (Å²) in [5.41, 5.74) is 9.78. The van der Waals surface area contributed by atoms with Crippen molar-refractivity contribution in [2.24, 2.45) is 0 Å². The molecule has 0 unspecified atom stereocenters. The topological polar surface area (TPSA) is 53.5 Å². The van der Waals surface area contributed by atoms with Gasteiger partial charge in [-0.05, 0) is 12.0 Å². The molecule has 1 aromatic rings. The highest BCUT2D eigenvalue weighted by Gasteiger charge is 2.09. The fourth-order valence-electron chi connectivity index (χ4n) is 1.19. The molecule has 0 heterocycles. The lowest BCUT2D eigenvalue weighted by atomic mass is 10.0. The lowest BCUT2D eigenvalue weighted by Crippen LogP contribution is -2.04. The van der Waals surface area contributed by atoms with E-state index in [9.17, 15) is 4.79 Å². The summed E-state index contributed by atoms with van der Waals surface area (Å²) in [6, 6.07) is 7.28. The zero-order chi connectivity index (χ0) is 9.68. The van der Waals surface area contributed by atoms with Gasteiger partial charge in [-0.2, -0.15) is 4.79 Å². The summed E-state index contributed by atoms with van der Waals surface area (Å²) in [6.07, 6.45) is 1.70. The zero-order valence-electron chi connectivity index (χ0n) is 7.40. The molecule has 0 aromatic heterocycles. The highest BCUT2D eigenvalue weighted by Crippen LogP contribution is 2.08. The molecule has 0 spiro atoms. The number of carbonyl (C=O) groups excluding carboxylic acids is 1. The smallest absolute Gasteiger partial charge is 0.328 e. The molecule has 0 radical (unpaired) electrons. The highest BCUT2D eigenvalue weighted by molar-refractivity contribution is 6.33. The van der Waals surface area contributed by atoms with Crippen LogP contribution in [-0.4, -0.2) is 16.8 Å². The van der Waals surface area contributed by atoms with Crippen molar-refractivity contribution in [3.05, 3.63) is 40.9 Å². The molecule has 66 valence electrons. The molecule has 0 amide bonds. The summed E-state index contributed by atoms with van der Waals surface area (Å²) in [6.45, 7) is 1.97. The van der Waals surface area contributed by atoms with E-state index in [1.807, 2.05) is 19.1 Å². The first-order valence-electron chi connectivity index (χ1n) is 4.09. The Labute approximate surface area is 76.6 Å². The minimum atomic E-state index is -0.264. The van der Waals surface area contributed by atoms with Gasteiger partial charge in [0.2, 0.25) is 0 Å². The first-order chi connectivity index (χ1) is 6.29. The monoisotopic (exact) mass is 174 g/mol. The lowest BCUT2D eigenvalue weighted by molar-refractivity contribution is 0.00234. The van der Waals surface area contributed by atoms with Crippen molar-refractivity contribution < 1.29 is 9.58 Å². The fraction of sp³-hybridized carbons (Fsp3) is 0.200. The number of nitrogens with zero attached hydrogens (tertiary/aromatic N) is 2. The minimum absolute atomic E-state index is 0.264. The van der Waals surface area contributed by atoms with Gasteiger partial charge in [0.05, 0.1) is 0 Å². The number of benzene rings is 1. The normalized spacial score (nSPS) is 9.00. The second kappa shape index (κ2) is 4.33. The van der Waals surface area contributed by atoms with Crippen molar-refractivity contribution in [3.8, 4) is 0 Å². The van der Waals surface area contributed by atoms with Gasteiger partial charge in [0.25, 0.3) is 5.78 Å². The summed E-state index contributed by atoms with van der Waals surface area (Å²) in [7, 11) is 0. The molecule has 0 fully saturated rings. The van der Waals surface area contributed by atoms with Gasteiger partial charge in [-0.15, -0.1) is 0 Å². The van der Waals surface area contributed by atoms with Crippen LogP contribution in [0.4, 0.5) is 0 Å². The Morgan fingerprint density at radius 3 is 2.85 bits per heavy atom. The molecule has 0 aliphatic rings. The predicted octanol–water partition coefficient (Wildman–Crippen LogP) is 1.73. The van der Waals surface area contributed by atoms with Crippen LogP contribution in [0.2, 0.25) is 0 Å². The van der Waals surface area contributed by atoms with Gasteiger partial charge in [0.15, 0.2) is 0 Å². The molecule has 0 saturated carbocycles. The Balaban J connectivity index is 3.12. The second-order valence-corrected chi connectivity index (χ2v) is 2.62. The number of hydrogen-bond donors (Lipinski definition) is 0. The SMILES string of the molecule is CCc1ccccc1C(=O)C=[N+]=[N-]. The van der Waals surface area contributed by atoms with Crippen LogP contribution in [0.15, 0.2) is 24.3 Å². The van der Waals surface area contributed by atoms with Gasteiger partial charge >= 0.3 is 6.21 Å². The van der Waals surface area contributed by atoms with Gasteiger partial charge < -0.3 is 5.53 Å². The number of Topliss-reactive ketones (excluding diaryl/α,β-unsaturated/α-hetero) is 1. The molecule has 13 heavy (non-hydrogen) atoms. The Hall–Kier alpha value is -1.73. The van der Waals surface area contributed by atoms with Crippen LogP contribution in [0.1, 0.15) is 22.8 Å². The van der Waals surface area contributed by atoms with E-state index in [-0.39, 0.29) is 5.78 Å². The van der Waals surface area contributed by atoms with Crippen LogP contribution < -0.4 is 0 Å². The summed E-state index contributed by atoms with van der Waals surface area (Å²) in [4.78, 5) is 14.0. The van der Waals surface area contributed by atoms with Crippen LogP contribution in [0, 0.1) is 0 Å². The van der Waals surface area contributed by atoms with Gasteiger partial charge in [0.1, 0.15) is 0 Å². The zero-order valence-corrected chi connectivity index (χ0v) is 7.40. The molecule has 1 rings (SSSR count). The largest absolute Gasteiger partial charge is 0.361 e. The average molecular weight is 174 g/mol. The van der Waals surface area contributed by atoms with Crippen molar-refractivity contribution in [1.29, 1.82) is 0 Å². The van der Waals surface area contributed by atoms with E-state index in [4.69, 9.17) is 5.53 Å². The first-order valence-corrected chi connectivity index (χ1v) is 4.09. The molecule has 3 heteroatoms. The fourth-order valence-corrected chi connectivity index (χ4v) is 1.19. The van der Waals surface area contributed by atoms with Crippen molar-refractivity contribution in [2.75, 3.05) is 0 Å². The third-order valence-corrected chi connectivity index (χ3v) is 1.84. The number of hydrogen-bond acceptors (Lipinski definition) is 1. The van der Waals surface area contributed by atoms with Gasteiger partial charge in [-0.1, -0.05) is 31.2 Å². The van der Waals surface area contributed by atoms with E-state index >= 15 is 0 Å². The average Bonchev–Trinajstić information content (AvgIpc) is 2.18. The van der Waals surface area contributed by atoms with Crippen LogP contribution in [0.5, 0.6) is 0 Å².